The molecule has 2 aromatic rings. The third-order valence-corrected chi connectivity index (χ3v) is 5.01. The largest absolute Gasteiger partial charge is 0.381 e. The Balaban J connectivity index is 0.00000176. The molecule has 3 heterocycles. The number of hydrogen-bond donors (Lipinski definition) is 2. The minimum Gasteiger partial charge on any atom is -0.381 e. The molecule has 2 unspecified atom stereocenters. The maximum absolute atomic E-state index is 12.0. The summed E-state index contributed by atoms with van der Waals surface area (Å²) < 4.78 is 6.12. The van der Waals surface area contributed by atoms with Gasteiger partial charge in [0.25, 0.3) is 5.56 Å². The predicted molar refractivity (Wildman–Crippen MR) is 90.8 cm³/mol. The first-order chi connectivity index (χ1) is 10.2. The summed E-state index contributed by atoms with van der Waals surface area (Å²) in [5, 5.41) is 1.89. The first-order valence-corrected chi connectivity index (χ1v) is 8.02. The van der Waals surface area contributed by atoms with E-state index in [0.717, 1.165) is 24.9 Å². The Hall–Kier alpha value is -0.990. The highest BCUT2D eigenvalue weighted by Crippen LogP contribution is 2.21. The maximum Gasteiger partial charge on any atom is 0.268 e. The Morgan fingerprint density at radius 2 is 2.41 bits per heavy atom. The zero-order chi connectivity index (χ0) is 14.8. The van der Waals surface area contributed by atoms with Gasteiger partial charge in [0, 0.05) is 26.2 Å². The van der Waals surface area contributed by atoms with Crippen molar-refractivity contribution in [3.8, 4) is 0 Å². The number of aromatic nitrogens is 2. The molecule has 2 aromatic heterocycles. The number of piperidine rings is 1. The summed E-state index contributed by atoms with van der Waals surface area (Å²) >= 11 is 1.42. The van der Waals surface area contributed by atoms with Crippen molar-refractivity contribution >= 4 is 34.0 Å². The van der Waals surface area contributed by atoms with E-state index in [0.29, 0.717) is 23.6 Å². The van der Waals surface area contributed by atoms with Gasteiger partial charge in [-0.25, -0.2) is 4.98 Å². The molecule has 0 radical (unpaired) electrons. The highest BCUT2D eigenvalue weighted by atomic mass is 35.5. The molecule has 22 heavy (non-hydrogen) atoms. The average Bonchev–Trinajstić information content (AvgIpc) is 2.96. The number of aromatic amines is 1. The monoisotopic (exact) mass is 344 g/mol. The number of nitrogens with zero attached hydrogens (tertiary/aromatic N) is 2. The Morgan fingerprint density at radius 1 is 1.59 bits per heavy atom. The van der Waals surface area contributed by atoms with Crippen LogP contribution in [0.15, 0.2) is 16.2 Å². The predicted octanol–water partition coefficient (Wildman–Crippen LogP) is 1.34. The standard InChI is InChI=1S/C14H20N4O2S.ClH/c1-20-10-2-4-18(9(6-10)7-15)8-12-16-11-3-5-21-13(11)14(19)17-12;/h3,5,9-10H,2,4,6-8,15H2,1H3,(H,16,17,19);1H. The molecule has 6 nitrogen and oxygen atoms in total. The first-order valence-electron chi connectivity index (χ1n) is 7.14. The van der Waals surface area contributed by atoms with Gasteiger partial charge in [-0.2, -0.15) is 0 Å². The van der Waals surface area contributed by atoms with Gasteiger partial charge in [0.1, 0.15) is 10.5 Å². The summed E-state index contributed by atoms with van der Waals surface area (Å²) in [5.74, 6) is 0.709. The lowest BCUT2D eigenvalue weighted by atomic mass is 9.99. The zero-order valence-corrected chi connectivity index (χ0v) is 14.1. The van der Waals surface area contributed by atoms with Gasteiger partial charge in [0.2, 0.25) is 0 Å². The van der Waals surface area contributed by atoms with Gasteiger partial charge in [-0.1, -0.05) is 0 Å². The van der Waals surface area contributed by atoms with Gasteiger partial charge in [-0.15, -0.1) is 23.7 Å². The van der Waals surface area contributed by atoms with Crippen molar-refractivity contribution in [3.63, 3.8) is 0 Å². The van der Waals surface area contributed by atoms with E-state index in [1.165, 1.54) is 11.3 Å². The highest BCUT2D eigenvalue weighted by molar-refractivity contribution is 7.17. The minimum absolute atomic E-state index is 0. The fourth-order valence-corrected chi connectivity index (χ4v) is 3.64. The summed E-state index contributed by atoms with van der Waals surface area (Å²) in [6.45, 7) is 2.12. The van der Waals surface area contributed by atoms with Gasteiger partial charge >= 0.3 is 0 Å². The number of fused-ring (bicyclic) bond motifs is 1. The van der Waals surface area contributed by atoms with E-state index < -0.39 is 0 Å². The van der Waals surface area contributed by atoms with Crippen molar-refractivity contribution in [2.24, 2.45) is 5.73 Å². The number of thiophene rings is 1. The molecule has 3 N–H and O–H groups in total. The van der Waals surface area contributed by atoms with Crippen molar-refractivity contribution in [3.05, 3.63) is 27.6 Å². The molecule has 3 rings (SSSR count). The van der Waals surface area contributed by atoms with Crippen LogP contribution in [-0.4, -0.2) is 47.2 Å². The van der Waals surface area contributed by atoms with Gasteiger partial charge in [-0.3, -0.25) is 9.69 Å². The second kappa shape index (κ2) is 7.52. The van der Waals surface area contributed by atoms with Gasteiger partial charge in [-0.05, 0) is 24.3 Å². The third-order valence-electron chi connectivity index (χ3n) is 4.11. The Bertz CT molecular complexity index is 674. The van der Waals surface area contributed by atoms with E-state index in [1.807, 2.05) is 11.4 Å². The second-order valence-corrected chi connectivity index (χ2v) is 6.31. The molecule has 0 spiro atoms. The van der Waals surface area contributed by atoms with Crippen LogP contribution in [0.1, 0.15) is 18.7 Å². The van der Waals surface area contributed by atoms with Crippen LogP contribution in [0.3, 0.4) is 0 Å². The topological polar surface area (TPSA) is 84.2 Å². The molecule has 1 saturated heterocycles. The summed E-state index contributed by atoms with van der Waals surface area (Å²) in [6.07, 6.45) is 2.19. The van der Waals surface area contributed by atoms with E-state index >= 15 is 0 Å². The number of halogens is 1. The molecule has 8 heteroatoms. The molecule has 2 atom stereocenters. The molecular formula is C14H21ClN4O2S. The molecule has 0 bridgehead atoms. The lowest BCUT2D eigenvalue weighted by Gasteiger charge is -2.38. The lowest BCUT2D eigenvalue weighted by Crippen LogP contribution is -2.48. The van der Waals surface area contributed by atoms with Crippen LogP contribution < -0.4 is 11.3 Å². The van der Waals surface area contributed by atoms with Gasteiger partial charge in [0.15, 0.2) is 0 Å². The number of likely N-dealkylation sites (tertiary alicyclic amines) is 1. The molecule has 0 aromatic carbocycles. The van der Waals surface area contributed by atoms with Crippen molar-refractivity contribution in [2.45, 2.75) is 31.5 Å². The average molecular weight is 345 g/mol. The number of hydrogen-bond acceptors (Lipinski definition) is 6. The van der Waals surface area contributed by atoms with Crippen LogP contribution in [0.25, 0.3) is 10.2 Å². The first kappa shape index (κ1) is 17.4. The van der Waals surface area contributed by atoms with Crippen LogP contribution in [-0.2, 0) is 11.3 Å². The Kier molecular flexibility index (Phi) is 5.94. The Morgan fingerprint density at radius 3 is 3.14 bits per heavy atom. The molecule has 0 aliphatic carbocycles. The van der Waals surface area contributed by atoms with Crippen LogP contribution in [0.4, 0.5) is 0 Å². The molecular weight excluding hydrogens is 324 g/mol. The summed E-state index contributed by atoms with van der Waals surface area (Å²) in [6, 6.07) is 2.16. The maximum atomic E-state index is 12.0. The third kappa shape index (κ3) is 3.49. The number of ether oxygens (including phenoxy) is 1. The lowest BCUT2D eigenvalue weighted by molar-refractivity contribution is 0.00932. The van der Waals surface area contributed by atoms with Gasteiger partial charge in [0.05, 0.1) is 18.2 Å². The van der Waals surface area contributed by atoms with Crippen LogP contribution in [0.5, 0.6) is 0 Å². The van der Waals surface area contributed by atoms with Crippen LogP contribution >= 0.6 is 23.7 Å². The second-order valence-electron chi connectivity index (χ2n) is 5.39. The van der Waals surface area contributed by atoms with E-state index in [-0.39, 0.29) is 30.1 Å². The summed E-state index contributed by atoms with van der Waals surface area (Å²) in [7, 11) is 1.75. The number of methoxy groups -OCH3 is 1. The minimum atomic E-state index is -0.0546. The van der Waals surface area contributed by atoms with E-state index in [2.05, 4.69) is 14.9 Å². The van der Waals surface area contributed by atoms with E-state index in [4.69, 9.17) is 10.5 Å². The van der Waals surface area contributed by atoms with E-state index in [9.17, 15) is 4.79 Å². The quantitative estimate of drug-likeness (QED) is 0.874. The van der Waals surface area contributed by atoms with Gasteiger partial charge < -0.3 is 15.5 Å². The smallest absolute Gasteiger partial charge is 0.268 e. The molecule has 1 aliphatic heterocycles. The van der Waals surface area contributed by atoms with Crippen molar-refractivity contribution in [1.29, 1.82) is 0 Å². The molecule has 0 amide bonds. The normalized spacial score (nSPS) is 22.6. The summed E-state index contributed by atoms with van der Waals surface area (Å²) in [5.41, 5.74) is 6.60. The van der Waals surface area contributed by atoms with Crippen molar-refractivity contribution in [1.82, 2.24) is 14.9 Å². The molecule has 122 valence electrons. The van der Waals surface area contributed by atoms with Crippen molar-refractivity contribution in [2.75, 3.05) is 20.2 Å². The number of nitrogens with two attached hydrogens (primary N) is 1. The van der Waals surface area contributed by atoms with Crippen LogP contribution in [0, 0.1) is 0 Å². The number of rotatable bonds is 4. The molecule has 1 aliphatic rings. The fraction of sp³-hybridized carbons (Fsp3) is 0.571. The molecule has 1 fully saturated rings. The Labute approximate surface area is 139 Å². The SMILES string of the molecule is COC1CCN(Cc2nc3ccsc3c(=O)[nH]2)C(CN)C1.Cl. The number of H-pyrrole nitrogens is 1. The van der Waals surface area contributed by atoms with Crippen LogP contribution in [0.2, 0.25) is 0 Å². The van der Waals surface area contributed by atoms with E-state index in [1.54, 1.807) is 7.11 Å². The zero-order valence-electron chi connectivity index (χ0n) is 12.4. The number of nitrogens with one attached hydrogen (secondary N) is 1. The summed E-state index contributed by atoms with van der Waals surface area (Å²) in [4.78, 5) is 21.7. The van der Waals surface area contributed by atoms with Crippen molar-refractivity contribution < 1.29 is 4.74 Å². The molecule has 0 saturated carbocycles. The fourth-order valence-electron chi connectivity index (χ4n) is 2.92. The highest BCUT2D eigenvalue weighted by Gasteiger charge is 2.28.